The Hall–Kier alpha value is -1.75. The lowest BCUT2D eigenvalue weighted by molar-refractivity contribution is 0.403. The lowest BCUT2D eigenvalue weighted by Crippen LogP contribution is -2.36. The fraction of sp³-hybridized carbons (Fsp3) is 0.500. The molecular formula is C14H21N5. The van der Waals surface area contributed by atoms with Crippen molar-refractivity contribution in [2.75, 3.05) is 0 Å². The molecule has 1 atom stereocenters. The summed E-state index contributed by atoms with van der Waals surface area (Å²) in [7, 11) is 0. The Morgan fingerprint density at radius 1 is 1.21 bits per heavy atom. The maximum absolute atomic E-state index is 4.11. The summed E-state index contributed by atoms with van der Waals surface area (Å²) < 4.78 is 1.87. The van der Waals surface area contributed by atoms with E-state index in [0.29, 0.717) is 6.54 Å². The molecule has 0 aliphatic carbocycles. The minimum Gasteiger partial charge on any atom is -0.305 e. The third-order valence-corrected chi connectivity index (χ3v) is 2.99. The van der Waals surface area contributed by atoms with Crippen LogP contribution in [-0.4, -0.2) is 25.7 Å². The normalized spacial score (nSPS) is 13.5. The van der Waals surface area contributed by atoms with E-state index in [9.17, 15) is 0 Å². The number of hydrogen-bond donors (Lipinski definition) is 1. The van der Waals surface area contributed by atoms with E-state index in [1.54, 1.807) is 0 Å². The van der Waals surface area contributed by atoms with Gasteiger partial charge in [0.15, 0.2) is 5.82 Å². The molecule has 5 heteroatoms. The van der Waals surface area contributed by atoms with Crippen molar-refractivity contribution in [3.8, 4) is 0 Å². The van der Waals surface area contributed by atoms with Crippen LogP contribution < -0.4 is 5.32 Å². The summed E-state index contributed by atoms with van der Waals surface area (Å²) in [5.41, 5.74) is 1.25. The predicted molar refractivity (Wildman–Crippen MR) is 74.7 cm³/mol. The molecular weight excluding hydrogens is 238 g/mol. The second kappa shape index (κ2) is 5.48. The van der Waals surface area contributed by atoms with Crippen molar-refractivity contribution in [1.82, 2.24) is 25.5 Å². The van der Waals surface area contributed by atoms with Crippen LogP contribution in [0.3, 0.4) is 0 Å². The molecule has 0 fully saturated rings. The summed E-state index contributed by atoms with van der Waals surface area (Å²) in [5.74, 6) is 0.853. The van der Waals surface area contributed by atoms with Gasteiger partial charge in [-0.05, 0) is 43.7 Å². The Bertz CT molecular complexity index is 512. The van der Waals surface area contributed by atoms with Gasteiger partial charge in [-0.15, -0.1) is 5.10 Å². The van der Waals surface area contributed by atoms with Crippen LogP contribution in [-0.2, 0) is 6.54 Å². The highest BCUT2D eigenvalue weighted by molar-refractivity contribution is 5.19. The Balaban J connectivity index is 2.15. The first-order chi connectivity index (χ1) is 8.97. The standard InChI is InChI=1S/C14H21N5/c1-11(12-8-6-5-7-9-12)19-13(16-17-18-19)10-15-14(2,3)4/h5-9,11,15H,10H2,1-4H3. The highest BCUT2D eigenvalue weighted by atomic mass is 15.6. The largest absolute Gasteiger partial charge is 0.305 e. The molecule has 1 aromatic carbocycles. The Labute approximate surface area is 114 Å². The van der Waals surface area contributed by atoms with E-state index in [-0.39, 0.29) is 11.6 Å². The van der Waals surface area contributed by atoms with Crippen LogP contribution in [0.25, 0.3) is 0 Å². The van der Waals surface area contributed by atoms with E-state index >= 15 is 0 Å². The summed E-state index contributed by atoms with van der Waals surface area (Å²) in [6, 6.07) is 10.4. The first-order valence-electron chi connectivity index (χ1n) is 6.54. The summed E-state index contributed by atoms with van der Waals surface area (Å²) in [4.78, 5) is 0. The van der Waals surface area contributed by atoms with Crippen molar-refractivity contribution in [1.29, 1.82) is 0 Å². The SMILES string of the molecule is CC(c1ccccc1)n1nnnc1CNC(C)(C)C. The fourth-order valence-electron chi connectivity index (χ4n) is 1.85. The third kappa shape index (κ3) is 3.61. The van der Waals surface area contributed by atoms with E-state index in [1.165, 1.54) is 5.56 Å². The Kier molecular flexibility index (Phi) is 3.95. The van der Waals surface area contributed by atoms with Crippen LogP contribution in [0, 0.1) is 0 Å². The zero-order chi connectivity index (χ0) is 13.9. The lowest BCUT2D eigenvalue weighted by atomic mass is 10.1. The van der Waals surface area contributed by atoms with E-state index in [1.807, 2.05) is 22.9 Å². The van der Waals surface area contributed by atoms with Gasteiger partial charge in [0, 0.05) is 5.54 Å². The van der Waals surface area contributed by atoms with Crippen molar-refractivity contribution in [3.05, 3.63) is 41.7 Å². The van der Waals surface area contributed by atoms with Crippen molar-refractivity contribution < 1.29 is 0 Å². The molecule has 1 N–H and O–H groups in total. The van der Waals surface area contributed by atoms with Gasteiger partial charge in [0.2, 0.25) is 0 Å². The maximum Gasteiger partial charge on any atom is 0.165 e. The molecule has 5 nitrogen and oxygen atoms in total. The average molecular weight is 259 g/mol. The van der Waals surface area contributed by atoms with Gasteiger partial charge in [0.05, 0.1) is 12.6 Å². The lowest BCUT2D eigenvalue weighted by Gasteiger charge is -2.21. The molecule has 19 heavy (non-hydrogen) atoms. The van der Waals surface area contributed by atoms with Gasteiger partial charge < -0.3 is 5.32 Å². The summed E-state index contributed by atoms with van der Waals surface area (Å²) >= 11 is 0. The molecule has 1 aromatic heterocycles. The zero-order valence-electron chi connectivity index (χ0n) is 12.0. The van der Waals surface area contributed by atoms with Crippen molar-refractivity contribution >= 4 is 0 Å². The summed E-state index contributed by atoms with van der Waals surface area (Å²) in [6.07, 6.45) is 0. The average Bonchev–Trinajstić information content (AvgIpc) is 2.84. The van der Waals surface area contributed by atoms with Crippen LogP contribution >= 0.6 is 0 Å². The predicted octanol–water partition coefficient (Wildman–Crippen LogP) is 2.17. The van der Waals surface area contributed by atoms with Gasteiger partial charge in [0.1, 0.15) is 0 Å². The third-order valence-electron chi connectivity index (χ3n) is 2.99. The fourth-order valence-corrected chi connectivity index (χ4v) is 1.85. The van der Waals surface area contributed by atoms with E-state index in [2.05, 4.69) is 60.7 Å². The number of aromatic nitrogens is 4. The number of hydrogen-bond acceptors (Lipinski definition) is 4. The van der Waals surface area contributed by atoms with Crippen LogP contribution in [0.2, 0.25) is 0 Å². The van der Waals surface area contributed by atoms with Gasteiger partial charge in [-0.1, -0.05) is 30.3 Å². The Morgan fingerprint density at radius 2 is 1.89 bits per heavy atom. The molecule has 0 saturated carbocycles. The van der Waals surface area contributed by atoms with Crippen LogP contribution in [0.5, 0.6) is 0 Å². The van der Waals surface area contributed by atoms with Gasteiger partial charge in [-0.3, -0.25) is 0 Å². The maximum atomic E-state index is 4.11. The second-order valence-electron chi connectivity index (χ2n) is 5.73. The first-order valence-corrected chi connectivity index (χ1v) is 6.54. The van der Waals surface area contributed by atoms with Crippen LogP contribution in [0.4, 0.5) is 0 Å². The minimum absolute atomic E-state index is 0.0484. The van der Waals surface area contributed by atoms with Crippen LogP contribution in [0.1, 0.15) is 45.1 Å². The first kappa shape index (κ1) is 13.7. The molecule has 2 aromatic rings. The molecule has 0 spiro atoms. The van der Waals surface area contributed by atoms with Crippen molar-refractivity contribution in [2.45, 2.75) is 45.8 Å². The molecule has 0 aliphatic heterocycles. The van der Waals surface area contributed by atoms with Gasteiger partial charge >= 0.3 is 0 Å². The van der Waals surface area contributed by atoms with Gasteiger partial charge in [0.25, 0.3) is 0 Å². The smallest absolute Gasteiger partial charge is 0.165 e. The number of nitrogens with one attached hydrogen (secondary N) is 1. The minimum atomic E-state index is 0.0484. The molecule has 102 valence electrons. The van der Waals surface area contributed by atoms with Crippen molar-refractivity contribution in [2.24, 2.45) is 0 Å². The zero-order valence-corrected chi connectivity index (χ0v) is 12.0. The topological polar surface area (TPSA) is 55.6 Å². The molecule has 0 amide bonds. The molecule has 0 bridgehead atoms. The monoisotopic (exact) mass is 259 g/mol. The highest BCUT2D eigenvalue weighted by Crippen LogP contribution is 2.17. The molecule has 2 rings (SSSR count). The molecule has 1 heterocycles. The van der Waals surface area contributed by atoms with Gasteiger partial charge in [-0.2, -0.15) is 0 Å². The van der Waals surface area contributed by atoms with E-state index < -0.39 is 0 Å². The van der Waals surface area contributed by atoms with E-state index in [0.717, 1.165) is 5.82 Å². The number of rotatable bonds is 4. The van der Waals surface area contributed by atoms with E-state index in [4.69, 9.17) is 0 Å². The second-order valence-corrected chi connectivity index (χ2v) is 5.73. The number of benzene rings is 1. The Morgan fingerprint density at radius 3 is 2.53 bits per heavy atom. The molecule has 0 radical (unpaired) electrons. The molecule has 1 unspecified atom stereocenters. The quantitative estimate of drug-likeness (QED) is 0.914. The summed E-state index contributed by atoms with van der Waals surface area (Å²) in [5, 5.41) is 15.4. The number of nitrogens with zero attached hydrogens (tertiary/aromatic N) is 4. The van der Waals surface area contributed by atoms with Crippen LogP contribution in [0.15, 0.2) is 30.3 Å². The highest BCUT2D eigenvalue weighted by Gasteiger charge is 2.16. The van der Waals surface area contributed by atoms with Gasteiger partial charge in [-0.25, -0.2) is 4.68 Å². The van der Waals surface area contributed by atoms with Crippen molar-refractivity contribution in [3.63, 3.8) is 0 Å². The summed E-state index contributed by atoms with van der Waals surface area (Å²) in [6.45, 7) is 9.14. The molecule has 0 saturated heterocycles. The number of tetrazole rings is 1. The molecule has 0 aliphatic rings.